The Bertz CT molecular complexity index is 1170. The van der Waals surface area contributed by atoms with Crippen molar-refractivity contribution in [1.29, 1.82) is 0 Å². The van der Waals surface area contributed by atoms with E-state index in [2.05, 4.69) is 21.2 Å². The summed E-state index contributed by atoms with van der Waals surface area (Å²) in [6.07, 6.45) is 5.35. The number of carbonyl (C=O) groups is 2. The number of nitrogens with one attached hydrogen (secondary N) is 1. The maximum Gasteiger partial charge on any atom is 0.256 e. The summed E-state index contributed by atoms with van der Waals surface area (Å²) in [5.41, 5.74) is 3.10. The number of aryl methyl sites for hydroxylation is 2. The molecule has 0 unspecified atom stereocenters. The number of hydrogen-bond acceptors (Lipinski definition) is 4. The molecule has 0 aliphatic rings. The van der Waals surface area contributed by atoms with E-state index in [9.17, 15) is 14.0 Å². The summed E-state index contributed by atoms with van der Waals surface area (Å²) < 4.78 is 14.0. The standard InChI is InChI=1S/C22H19FN4O2/c1-5-15-7-6-8-17(9-15)26-20(28)12-27(4)22(29)18-10-16(23)11-19-21(18)25-14(3)13(2)24-19/h1,6-11H,12H2,2-4H3,(H,26,28). The molecule has 0 atom stereocenters. The van der Waals surface area contributed by atoms with Crippen LogP contribution in [0.5, 0.6) is 0 Å². The van der Waals surface area contributed by atoms with Gasteiger partial charge in [-0.05, 0) is 38.1 Å². The third-order valence-corrected chi connectivity index (χ3v) is 4.42. The van der Waals surface area contributed by atoms with Crippen LogP contribution < -0.4 is 5.32 Å². The van der Waals surface area contributed by atoms with Gasteiger partial charge in [-0.15, -0.1) is 6.42 Å². The first-order valence-electron chi connectivity index (χ1n) is 8.85. The molecule has 0 fully saturated rings. The maximum atomic E-state index is 14.0. The first kappa shape index (κ1) is 20.0. The number of halogens is 1. The average Bonchev–Trinajstić information content (AvgIpc) is 2.68. The maximum absolute atomic E-state index is 14.0. The van der Waals surface area contributed by atoms with Crippen molar-refractivity contribution in [3.05, 3.63) is 64.7 Å². The van der Waals surface area contributed by atoms with E-state index in [1.165, 1.54) is 18.0 Å². The van der Waals surface area contributed by atoms with E-state index in [4.69, 9.17) is 6.42 Å². The molecule has 0 aliphatic heterocycles. The molecule has 1 heterocycles. The summed E-state index contributed by atoms with van der Waals surface area (Å²) in [6.45, 7) is 3.30. The Morgan fingerprint density at radius 1 is 1.17 bits per heavy atom. The second kappa shape index (κ2) is 8.07. The molecule has 0 saturated carbocycles. The number of amides is 2. The summed E-state index contributed by atoms with van der Waals surface area (Å²) >= 11 is 0. The van der Waals surface area contributed by atoms with E-state index in [1.807, 2.05) is 0 Å². The quantitative estimate of drug-likeness (QED) is 0.695. The third-order valence-electron chi connectivity index (χ3n) is 4.42. The van der Waals surface area contributed by atoms with Gasteiger partial charge in [-0.3, -0.25) is 9.59 Å². The smallest absolute Gasteiger partial charge is 0.256 e. The largest absolute Gasteiger partial charge is 0.332 e. The number of aromatic nitrogens is 2. The van der Waals surface area contributed by atoms with Crippen molar-refractivity contribution in [3.8, 4) is 12.3 Å². The molecule has 2 amide bonds. The first-order chi connectivity index (χ1) is 13.8. The van der Waals surface area contributed by atoms with Gasteiger partial charge in [0.1, 0.15) is 11.3 Å². The topological polar surface area (TPSA) is 75.2 Å². The van der Waals surface area contributed by atoms with E-state index in [1.54, 1.807) is 38.1 Å². The number of rotatable bonds is 4. The molecule has 2 aromatic carbocycles. The van der Waals surface area contributed by atoms with Gasteiger partial charge in [0, 0.05) is 24.4 Å². The van der Waals surface area contributed by atoms with Crippen molar-refractivity contribution in [2.45, 2.75) is 13.8 Å². The Labute approximate surface area is 167 Å². The average molecular weight is 390 g/mol. The number of nitrogens with zero attached hydrogens (tertiary/aromatic N) is 3. The zero-order chi connectivity index (χ0) is 21.1. The molecule has 0 bridgehead atoms. The van der Waals surface area contributed by atoms with Gasteiger partial charge in [0.15, 0.2) is 0 Å². The lowest BCUT2D eigenvalue weighted by atomic mass is 10.1. The number of benzene rings is 2. The monoisotopic (exact) mass is 390 g/mol. The summed E-state index contributed by atoms with van der Waals surface area (Å²) in [5, 5.41) is 2.69. The van der Waals surface area contributed by atoms with E-state index in [-0.39, 0.29) is 12.1 Å². The van der Waals surface area contributed by atoms with Crippen LogP contribution in [0.1, 0.15) is 27.3 Å². The molecule has 146 valence electrons. The van der Waals surface area contributed by atoms with E-state index < -0.39 is 17.6 Å². The molecule has 29 heavy (non-hydrogen) atoms. The highest BCUT2D eigenvalue weighted by molar-refractivity contribution is 6.06. The predicted octanol–water partition coefficient (Wildman–Crippen LogP) is 3.08. The fraction of sp³-hybridized carbons (Fsp3) is 0.182. The lowest BCUT2D eigenvalue weighted by Gasteiger charge is -2.18. The molecular formula is C22H19FN4O2. The fourth-order valence-corrected chi connectivity index (χ4v) is 2.84. The van der Waals surface area contributed by atoms with Crippen LogP contribution in [0.4, 0.5) is 10.1 Å². The van der Waals surface area contributed by atoms with Gasteiger partial charge >= 0.3 is 0 Å². The number of likely N-dealkylation sites (N-methyl/N-ethyl adjacent to an activating group) is 1. The minimum Gasteiger partial charge on any atom is -0.332 e. The van der Waals surface area contributed by atoms with Gasteiger partial charge in [-0.25, -0.2) is 14.4 Å². The number of hydrogen-bond donors (Lipinski definition) is 1. The Balaban J connectivity index is 1.82. The van der Waals surface area contributed by atoms with Crippen molar-refractivity contribution in [2.75, 3.05) is 18.9 Å². The van der Waals surface area contributed by atoms with Crippen molar-refractivity contribution in [2.24, 2.45) is 0 Å². The van der Waals surface area contributed by atoms with Gasteiger partial charge in [0.25, 0.3) is 5.91 Å². The highest BCUT2D eigenvalue weighted by atomic mass is 19.1. The van der Waals surface area contributed by atoms with Crippen LogP contribution in [-0.4, -0.2) is 40.3 Å². The van der Waals surface area contributed by atoms with Gasteiger partial charge < -0.3 is 10.2 Å². The number of terminal acetylenes is 1. The van der Waals surface area contributed by atoms with E-state index in [0.29, 0.717) is 33.7 Å². The SMILES string of the molecule is C#Cc1cccc(NC(=O)CN(C)C(=O)c2cc(F)cc3nc(C)c(C)nc23)c1. The lowest BCUT2D eigenvalue weighted by Crippen LogP contribution is -2.35. The highest BCUT2D eigenvalue weighted by Gasteiger charge is 2.20. The summed E-state index contributed by atoms with van der Waals surface area (Å²) in [5.74, 6) is 0.956. The summed E-state index contributed by atoms with van der Waals surface area (Å²) in [6, 6.07) is 9.16. The van der Waals surface area contributed by atoms with Gasteiger partial charge in [0.05, 0.1) is 29.0 Å². The first-order valence-corrected chi connectivity index (χ1v) is 8.85. The molecule has 3 aromatic rings. The molecule has 0 saturated heterocycles. The normalized spacial score (nSPS) is 10.4. The molecule has 1 N–H and O–H groups in total. The van der Waals surface area contributed by atoms with E-state index >= 15 is 0 Å². The third kappa shape index (κ3) is 4.38. The van der Waals surface area contributed by atoms with Crippen molar-refractivity contribution in [1.82, 2.24) is 14.9 Å². The Morgan fingerprint density at radius 3 is 2.62 bits per heavy atom. The number of fused-ring (bicyclic) bond motifs is 1. The second-order valence-electron chi connectivity index (χ2n) is 6.65. The second-order valence-corrected chi connectivity index (χ2v) is 6.65. The minimum atomic E-state index is -0.595. The van der Waals surface area contributed by atoms with Gasteiger partial charge in [-0.1, -0.05) is 12.0 Å². The van der Waals surface area contributed by atoms with Crippen LogP contribution in [0, 0.1) is 32.0 Å². The minimum absolute atomic E-state index is 0.0558. The van der Waals surface area contributed by atoms with Crippen molar-refractivity contribution >= 4 is 28.5 Å². The van der Waals surface area contributed by atoms with Crippen LogP contribution in [-0.2, 0) is 4.79 Å². The molecule has 0 aliphatic carbocycles. The van der Waals surface area contributed by atoms with Crippen LogP contribution >= 0.6 is 0 Å². The Hall–Kier alpha value is -3.79. The molecule has 6 nitrogen and oxygen atoms in total. The Kier molecular flexibility index (Phi) is 5.55. The molecular weight excluding hydrogens is 371 g/mol. The molecule has 0 spiro atoms. The predicted molar refractivity (Wildman–Crippen MR) is 109 cm³/mol. The fourth-order valence-electron chi connectivity index (χ4n) is 2.84. The summed E-state index contributed by atoms with van der Waals surface area (Å²) in [4.78, 5) is 35.1. The molecule has 7 heteroatoms. The van der Waals surface area contributed by atoms with Crippen molar-refractivity contribution in [3.63, 3.8) is 0 Å². The number of carbonyl (C=O) groups excluding carboxylic acids is 2. The summed E-state index contributed by atoms with van der Waals surface area (Å²) in [7, 11) is 1.46. The van der Waals surface area contributed by atoms with Crippen LogP contribution in [0.3, 0.4) is 0 Å². The van der Waals surface area contributed by atoms with Crippen LogP contribution in [0.15, 0.2) is 36.4 Å². The zero-order valence-electron chi connectivity index (χ0n) is 16.3. The van der Waals surface area contributed by atoms with Crippen molar-refractivity contribution < 1.29 is 14.0 Å². The lowest BCUT2D eigenvalue weighted by molar-refractivity contribution is -0.116. The molecule has 1 aromatic heterocycles. The van der Waals surface area contributed by atoms with Crippen LogP contribution in [0.25, 0.3) is 11.0 Å². The molecule has 3 rings (SSSR count). The number of anilines is 1. The molecule has 0 radical (unpaired) electrons. The zero-order valence-corrected chi connectivity index (χ0v) is 16.3. The Morgan fingerprint density at radius 2 is 1.90 bits per heavy atom. The highest BCUT2D eigenvalue weighted by Crippen LogP contribution is 2.20. The van der Waals surface area contributed by atoms with Gasteiger partial charge in [-0.2, -0.15) is 0 Å². The van der Waals surface area contributed by atoms with Gasteiger partial charge in [0.2, 0.25) is 5.91 Å². The van der Waals surface area contributed by atoms with E-state index in [0.717, 1.165) is 6.07 Å². The van der Waals surface area contributed by atoms with Crippen LogP contribution in [0.2, 0.25) is 0 Å².